The Labute approximate surface area is 89.7 Å². The van der Waals surface area contributed by atoms with Gasteiger partial charge in [-0.05, 0) is 25.5 Å². The summed E-state index contributed by atoms with van der Waals surface area (Å²) in [6.45, 7) is 4.03. The number of carbonyl (C=O) groups excluding carboxylic acids is 1. The molecule has 0 aromatic heterocycles. The molecular weight excluding hydrogens is 192 g/mol. The molecule has 82 valence electrons. The minimum absolute atomic E-state index is 0.304. The highest BCUT2D eigenvalue weighted by molar-refractivity contribution is 6.01. The minimum Gasteiger partial charge on any atom is -0.493 e. The molecular formula is C12H16O3. The van der Waals surface area contributed by atoms with Crippen molar-refractivity contribution in [3.05, 3.63) is 29.8 Å². The number of ether oxygens (including phenoxy) is 1. The molecule has 0 fully saturated rings. The number of aliphatic hydroxyl groups excluding tert-OH is 1. The van der Waals surface area contributed by atoms with E-state index in [9.17, 15) is 9.90 Å². The van der Waals surface area contributed by atoms with E-state index in [1.165, 1.54) is 6.92 Å². The van der Waals surface area contributed by atoms with Gasteiger partial charge < -0.3 is 9.84 Å². The molecule has 0 spiro atoms. The number of aliphatic hydroxyl groups is 1. The lowest BCUT2D eigenvalue weighted by Gasteiger charge is -2.10. The maximum absolute atomic E-state index is 11.6. The Morgan fingerprint density at radius 3 is 2.73 bits per heavy atom. The molecule has 0 amide bonds. The first kappa shape index (κ1) is 11.7. The highest BCUT2D eigenvalue weighted by Crippen LogP contribution is 2.19. The lowest BCUT2D eigenvalue weighted by molar-refractivity contribution is 0.0775. The van der Waals surface area contributed by atoms with Gasteiger partial charge in [0.2, 0.25) is 0 Å². The Morgan fingerprint density at radius 1 is 1.47 bits per heavy atom. The Kier molecular flexibility index (Phi) is 4.31. The second-order valence-corrected chi connectivity index (χ2v) is 3.38. The van der Waals surface area contributed by atoms with Crippen molar-refractivity contribution < 1.29 is 14.6 Å². The Bertz CT molecular complexity index is 331. The van der Waals surface area contributed by atoms with E-state index in [1.807, 2.05) is 13.0 Å². The van der Waals surface area contributed by atoms with Gasteiger partial charge >= 0.3 is 0 Å². The minimum atomic E-state index is -0.989. The van der Waals surface area contributed by atoms with Crippen molar-refractivity contribution in [1.82, 2.24) is 0 Å². The second kappa shape index (κ2) is 5.51. The molecule has 1 aromatic carbocycles. The summed E-state index contributed by atoms with van der Waals surface area (Å²) < 4.78 is 5.43. The number of hydrogen-bond donors (Lipinski definition) is 1. The molecule has 0 aliphatic carbocycles. The monoisotopic (exact) mass is 208 g/mol. The lowest BCUT2D eigenvalue weighted by Crippen LogP contribution is -2.17. The van der Waals surface area contributed by atoms with Gasteiger partial charge in [0.05, 0.1) is 12.2 Å². The quantitative estimate of drug-likeness (QED) is 0.753. The van der Waals surface area contributed by atoms with Crippen LogP contribution in [-0.4, -0.2) is 23.6 Å². The lowest BCUT2D eigenvalue weighted by atomic mass is 10.1. The highest BCUT2D eigenvalue weighted by atomic mass is 16.5. The summed E-state index contributed by atoms with van der Waals surface area (Å²) in [6.07, 6.45) is -0.103. The Morgan fingerprint density at radius 2 is 2.13 bits per heavy atom. The molecule has 0 heterocycles. The number of para-hydroxylation sites is 1. The maximum atomic E-state index is 11.6. The van der Waals surface area contributed by atoms with Gasteiger partial charge in [-0.2, -0.15) is 0 Å². The van der Waals surface area contributed by atoms with Crippen LogP contribution in [0.1, 0.15) is 30.6 Å². The summed E-state index contributed by atoms with van der Waals surface area (Å²) in [7, 11) is 0. The van der Waals surface area contributed by atoms with Crippen LogP contribution >= 0.6 is 0 Å². The third kappa shape index (κ3) is 3.06. The van der Waals surface area contributed by atoms with Crippen molar-refractivity contribution in [3.63, 3.8) is 0 Å². The normalized spacial score (nSPS) is 12.2. The standard InChI is InChI=1S/C12H16O3/c1-3-8-15-11-7-5-4-6-10(11)12(14)9(2)13/h4-7,9,13H,3,8H2,1-2H3. The van der Waals surface area contributed by atoms with E-state index in [1.54, 1.807) is 18.2 Å². The average molecular weight is 208 g/mol. The van der Waals surface area contributed by atoms with Crippen molar-refractivity contribution in [2.45, 2.75) is 26.4 Å². The van der Waals surface area contributed by atoms with Gasteiger partial charge in [0, 0.05) is 0 Å². The number of benzene rings is 1. The predicted octanol–water partition coefficient (Wildman–Crippen LogP) is 2.04. The average Bonchev–Trinajstić information content (AvgIpc) is 2.25. The third-order valence-corrected chi connectivity index (χ3v) is 1.99. The molecule has 1 unspecified atom stereocenters. The molecule has 0 saturated carbocycles. The molecule has 0 bridgehead atoms. The molecule has 3 heteroatoms. The zero-order chi connectivity index (χ0) is 11.3. The van der Waals surface area contributed by atoms with Crippen molar-refractivity contribution in [3.8, 4) is 5.75 Å². The molecule has 3 nitrogen and oxygen atoms in total. The van der Waals surface area contributed by atoms with Gasteiger partial charge in [0.25, 0.3) is 0 Å². The fourth-order valence-corrected chi connectivity index (χ4v) is 1.23. The van der Waals surface area contributed by atoms with E-state index in [-0.39, 0.29) is 5.78 Å². The molecule has 0 aliphatic heterocycles. The summed E-state index contributed by atoms with van der Waals surface area (Å²) >= 11 is 0. The van der Waals surface area contributed by atoms with Crippen LogP contribution in [0, 0.1) is 0 Å². The van der Waals surface area contributed by atoms with Crippen LogP contribution in [0.4, 0.5) is 0 Å². The Balaban J connectivity index is 2.90. The van der Waals surface area contributed by atoms with E-state index in [0.29, 0.717) is 17.9 Å². The molecule has 15 heavy (non-hydrogen) atoms. The van der Waals surface area contributed by atoms with Gasteiger partial charge in [-0.25, -0.2) is 0 Å². The molecule has 1 N–H and O–H groups in total. The smallest absolute Gasteiger partial charge is 0.194 e. The molecule has 1 aromatic rings. The van der Waals surface area contributed by atoms with Crippen LogP contribution in [0.25, 0.3) is 0 Å². The van der Waals surface area contributed by atoms with Gasteiger partial charge in [-0.1, -0.05) is 19.1 Å². The van der Waals surface area contributed by atoms with Gasteiger partial charge in [-0.3, -0.25) is 4.79 Å². The zero-order valence-corrected chi connectivity index (χ0v) is 9.06. The fourth-order valence-electron chi connectivity index (χ4n) is 1.23. The van der Waals surface area contributed by atoms with Gasteiger partial charge in [0.1, 0.15) is 11.9 Å². The summed E-state index contributed by atoms with van der Waals surface area (Å²) in [5.74, 6) is 0.243. The predicted molar refractivity (Wildman–Crippen MR) is 58.2 cm³/mol. The van der Waals surface area contributed by atoms with Crippen LogP contribution in [0.15, 0.2) is 24.3 Å². The van der Waals surface area contributed by atoms with Crippen LogP contribution in [0.3, 0.4) is 0 Å². The summed E-state index contributed by atoms with van der Waals surface area (Å²) in [5, 5.41) is 9.22. The van der Waals surface area contributed by atoms with E-state index < -0.39 is 6.10 Å². The zero-order valence-electron chi connectivity index (χ0n) is 9.06. The maximum Gasteiger partial charge on any atom is 0.194 e. The van der Waals surface area contributed by atoms with Crippen LogP contribution in [0.2, 0.25) is 0 Å². The second-order valence-electron chi connectivity index (χ2n) is 3.38. The van der Waals surface area contributed by atoms with E-state index in [2.05, 4.69) is 0 Å². The van der Waals surface area contributed by atoms with E-state index >= 15 is 0 Å². The molecule has 0 radical (unpaired) electrons. The van der Waals surface area contributed by atoms with Crippen LogP contribution in [-0.2, 0) is 0 Å². The molecule has 0 aliphatic rings. The van der Waals surface area contributed by atoms with E-state index in [4.69, 9.17) is 4.74 Å². The summed E-state index contributed by atoms with van der Waals surface area (Å²) in [4.78, 5) is 11.6. The highest BCUT2D eigenvalue weighted by Gasteiger charge is 2.16. The fraction of sp³-hybridized carbons (Fsp3) is 0.417. The van der Waals surface area contributed by atoms with Crippen molar-refractivity contribution in [2.24, 2.45) is 0 Å². The largest absolute Gasteiger partial charge is 0.493 e. The Hall–Kier alpha value is -1.35. The number of ketones is 1. The first-order chi connectivity index (χ1) is 7.16. The van der Waals surface area contributed by atoms with Crippen molar-refractivity contribution in [2.75, 3.05) is 6.61 Å². The molecule has 0 saturated heterocycles. The van der Waals surface area contributed by atoms with Crippen LogP contribution < -0.4 is 4.74 Å². The van der Waals surface area contributed by atoms with Crippen molar-refractivity contribution in [1.29, 1.82) is 0 Å². The first-order valence-corrected chi connectivity index (χ1v) is 5.11. The van der Waals surface area contributed by atoms with Gasteiger partial charge in [-0.15, -0.1) is 0 Å². The van der Waals surface area contributed by atoms with Crippen LogP contribution in [0.5, 0.6) is 5.75 Å². The third-order valence-electron chi connectivity index (χ3n) is 1.99. The van der Waals surface area contributed by atoms with Crippen molar-refractivity contribution >= 4 is 5.78 Å². The topological polar surface area (TPSA) is 46.5 Å². The number of hydrogen-bond acceptors (Lipinski definition) is 3. The summed E-state index contributed by atoms with van der Waals surface area (Å²) in [6, 6.07) is 6.98. The number of Topliss-reactive ketones (excluding diaryl/α,β-unsaturated/α-hetero) is 1. The molecule has 1 atom stereocenters. The SMILES string of the molecule is CCCOc1ccccc1C(=O)C(C)O. The molecule has 1 rings (SSSR count). The first-order valence-electron chi connectivity index (χ1n) is 5.11. The van der Waals surface area contributed by atoms with E-state index in [0.717, 1.165) is 6.42 Å². The number of rotatable bonds is 5. The van der Waals surface area contributed by atoms with Gasteiger partial charge in [0.15, 0.2) is 5.78 Å². The number of carbonyl (C=O) groups is 1. The summed E-state index contributed by atoms with van der Waals surface area (Å²) in [5.41, 5.74) is 0.445.